The Morgan fingerprint density at radius 1 is 1.75 bits per heavy atom. The predicted octanol–water partition coefficient (Wildman–Crippen LogP) is -0.808. The first kappa shape index (κ1) is 8.86. The highest BCUT2D eigenvalue weighted by molar-refractivity contribution is 7.59. The van der Waals surface area contributed by atoms with Crippen LogP contribution in [0.25, 0.3) is 0 Å². The quantitative estimate of drug-likeness (QED) is 0.295. The molecule has 0 aliphatic carbocycles. The summed E-state index contributed by atoms with van der Waals surface area (Å²) < 4.78 is 0. The van der Waals surface area contributed by atoms with Gasteiger partial charge in [-0.1, -0.05) is 0 Å². The molecular formula is CH8N2S. The van der Waals surface area contributed by atoms with Crippen LogP contribution in [0.3, 0.4) is 0 Å². The molecule has 0 saturated carbocycles. The Balaban J connectivity index is 0. The lowest BCUT2D eigenvalue weighted by molar-refractivity contribution is 0.900. The third-order valence-corrected chi connectivity index (χ3v) is 0. The molecule has 2 nitrogen and oxygen atoms in total. The van der Waals surface area contributed by atoms with Gasteiger partial charge in [-0.15, -0.1) is 0 Å². The number of nitrogens with one attached hydrogen (secondary N) is 1. The lowest BCUT2D eigenvalue weighted by Crippen LogP contribution is -2.13. The van der Waals surface area contributed by atoms with Crippen LogP contribution in [0.5, 0.6) is 0 Å². The van der Waals surface area contributed by atoms with E-state index in [0.29, 0.717) is 0 Å². The van der Waals surface area contributed by atoms with Gasteiger partial charge in [-0.3, -0.25) is 11.3 Å². The van der Waals surface area contributed by atoms with Gasteiger partial charge in [0.05, 0.1) is 0 Å². The number of nitrogens with two attached hydrogens (primary N) is 1. The second-order valence-electron chi connectivity index (χ2n) is 0.289. The Bertz CT molecular complexity index is 6.00. The molecule has 0 spiro atoms. The third-order valence-electron chi connectivity index (χ3n) is 0. The van der Waals surface area contributed by atoms with Crippen molar-refractivity contribution in [1.82, 2.24) is 5.43 Å². The van der Waals surface area contributed by atoms with Crippen molar-refractivity contribution in [3.05, 3.63) is 0 Å². The molecule has 0 bridgehead atoms. The van der Waals surface area contributed by atoms with Gasteiger partial charge in [0.2, 0.25) is 0 Å². The van der Waals surface area contributed by atoms with Crippen molar-refractivity contribution in [3.8, 4) is 0 Å². The zero-order valence-electron chi connectivity index (χ0n) is 2.58. The standard InChI is InChI=1S/CH6N2.H2S/c1-3-2;/h3H,2H2,1H3;1H2. The summed E-state index contributed by atoms with van der Waals surface area (Å²) in [6.45, 7) is 0. The van der Waals surface area contributed by atoms with Gasteiger partial charge in [-0.2, -0.15) is 13.5 Å². The molecule has 3 heteroatoms. The van der Waals surface area contributed by atoms with Gasteiger partial charge >= 0.3 is 0 Å². The van der Waals surface area contributed by atoms with E-state index >= 15 is 0 Å². The van der Waals surface area contributed by atoms with Gasteiger partial charge in [0, 0.05) is 0 Å². The first-order chi connectivity index (χ1) is 1.41. The van der Waals surface area contributed by atoms with Crippen LogP contribution in [0.2, 0.25) is 0 Å². The Labute approximate surface area is 32.8 Å². The van der Waals surface area contributed by atoms with Crippen LogP contribution in [0.4, 0.5) is 0 Å². The molecule has 3 N–H and O–H groups in total. The minimum Gasteiger partial charge on any atom is -0.272 e. The zero-order valence-corrected chi connectivity index (χ0v) is 3.58. The molecule has 0 unspecified atom stereocenters. The SMILES string of the molecule is CNN.S. The van der Waals surface area contributed by atoms with E-state index in [9.17, 15) is 0 Å². The van der Waals surface area contributed by atoms with Crippen molar-refractivity contribution in [1.29, 1.82) is 0 Å². The van der Waals surface area contributed by atoms with Gasteiger partial charge in [0.25, 0.3) is 0 Å². The molecule has 0 saturated heterocycles. The fourth-order valence-corrected chi connectivity index (χ4v) is 0. The van der Waals surface area contributed by atoms with Gasteiger partial charge in [0.15, 0.2) is 0 Å². The maximum Gasteiger partial charge on any atom is -0.00172 e. The van der Waals surface area contributed by atoms with E-state index in [4.69, 9.17) is 0 Å². The number of hydrazine groups is 1. The van der Waals surface area contributed by atoms with E-state index in [1.165, 1.54) is 0 Å². The lowest BCUT2D eigenvalue weighted by atomic mass is 11.5. The van der Waals surface area contributed by atoms with E-state index in [2.05, 4.69) is 11.3 Å². The topological polar surface area (TPSA) is 38.0 Å². The Hall–Kier alpha value is 0.270. The fourth-order valence-electron chi connectivity index (χ4n) is 0. The van der Waals surface area contributed by atoms with Crippen LogP contribution in [0.1, 0.15) is 0 Å². The number of hydrogen-bond acceptors (Lipinski definition) is 2. The minimum atomic E-state index is 0. The largest absolute Gasteiger partial charge is 0.272 e. The smallest absolute Gasteiger partial charge is 0.00172 e. The van der Waals surface area contributed by atoms with Crippen molar-refractivity contribution < 1.29 is 0 Å². The second-order valence-corrected chi connectivity index (χ2v) is 0.289. The average molecular weight is 80.2 g/mol. The summed E-state index contributed by atoms with van der Waals surface area (Å²) >= 11 is 0. The molecule has 0 atom stereocenters. The molecule has 0 aromatic rings. The van der Waals surface area contributed by atoms with Crippen LogP contribution in [0.15, 0.2) is 0 Å². The molecule has 0 heterocycles. The summed E-state index contributed by atoms with van der Waals surface area (Å²) in [7, 11) is 1.65. The van der Waals surface area contributed by atoms with Crippen LogP contribution in [-0.2, 0) is 0 Å². The van der Waals surface area contributed by atoms with Gasteiger partial charge in [0.1, 0.15) is 0 Å². The van der Waals surface area contributed by atoms with E-state index < -0.39 is 0 Å². The number of rotatable bonds is 0. The van der Waals surface area contributed by atoms with Gasteiger partial charge in [-0.05, 0) is 7.05 Å². The van der Waals surface area contributed by atoms with Crippen molar-refractivity contribution >= 4 is 13.5 Å². The maximum atomic E-state index is 4.60. The normalized spacial score (nSPS) is 4.50. The summed E-state index contributed by atoms with van der Waals surface area (Å²) in [6, 6.07) is 0. The molecule has 0 fully saturated rings. The van der Waals surface area contributed by atoms with E-state index in [1.807, 2.05) is 0 Å². The van der Waals surface area contributed by atoms with Crippen molar-refractivity contribution in [2.45, 2.75) is 0 Å². The minimum absolute atomic E-state index is 0. The molecule has 28 valence electrons. The summed E-state index contributed by atoms with van der Waals surface area (Å²) in [5.41, 5.74) is 2.25. The highest BCUT2D eigenvalue weighted by Crippen LogP contribution is 0.817. The molecule has 0 aliphatic rings. The highest BCUT2D eigenvalue weighted by Gasteiger charge is 1.22. The monoisotopic (exact) mass is 80.0 g/mol. The number of hydrogen-bond donors (Lipinski definition) is 2. The van der Waals surface area contributed by atoms with Crippen molar-refractivity contribution in [3.63, 3.8) is 0 Å². The zero-order chi connectivity index (χ0) is 2.71. The lowest BCUT2D eigenvalue weighted by Gasteiger charge is -1.62. The molecule has 0 rings (SSSR count). The molecule has 0 aliphatic heterocycles. The Morgan fingerprint density at radius 2 is 1.75 bits per heavy atom. The molecule has 0 amide bonds. The first-order valence-corrected chi connectivity index (χ1v) is 0.789. The van der Waals surface area contributed by atoms with E-state index in [-0.39, 0.29) is 13.5 Å². The average Bonchev–Trinajstić information content (AvgIpc) is 0.918. The van der Waals surface area contributed by atoms with Gasteiger partial charge < -0.3 is 0 Å². The van der Waals surface area contributed by atoms with Crippen LogP contribution in [0, 0.1) is 0 Å². The van der Waals surface area contributed by atoms with Crippen molar-refractivity contribution in [2.75, 3.05) is 7.05 Å². The molecule has 0 aromatic heterocycles. The third kappa shape index (κ3) is 50.2. The Kier molecular flexibility index (Phi) is 23.1. The van der Waals surface area contributed by atoms with Crippen LogP contribution < -0.4 is 11.3 Å². The molecular weight excluding hydrogens is 72.1 g/mol. The van der Waals surface area contributed by atoms with Crippen LogP contribution in [-0.4, -0.2) is 7.05 Å². The predicted molar refractivity (Wildman–Crippen MR) is 23.6 cm³/mol. The first-order valence-electron chi connectivity index (χ1n) is 0.789. The summed E-state index contributed by atoms with van der Waals surface area (Å²) in [5, 5.41) is 0. The van der Waals surface area contributed by atoms with Crippen molar-refractivity contribution in [2.24, 2.45) is 5.84 Å². The van der Waals surface area contributed by atoms with E-state index in [0.717, 1.165) is 0 Å². The summed E-state index contributed by atoms with van der Waals surface area (Å²) in [4.78, 5) is 0. The summed E-state index contributed by atoms with van der Waals surface area (Å²) in [6.07, 6.45) is 0. The second kappa shape index (κ2) is 10.4. The summed E-state index contributed by atoms with van der Waals surface area (Å²) in [5.74, 6) is 4.60. The molecule has 0 aromatic carbocycles. The Morgan fingerprint density at radius 3 is 1.75 bits per heavy atom. The fraction of sp³-hybridized carbons (Fsp3) is 1.00. The van der Waals surface area contributed by atoms with Crippen LogP contribution >= 0.6 is 13.5 Å². The molecule has 4 heavy (non-hydrogen) atoms. The van der Waals surface area contributed by atoms with E-state index in [1.54, 1.807) is 7.05 Å². The highest BCUT2D eigenvalue weighted by atomic mass is 32.1. The van der Waals surface area contributed by atoms with Gasteiger partial charge in [-0.25, -0.2) is 0 Å². The maximum absolute atomic E-state index is 4.60. The molecule has 0 radical (unpaired) electrons.